The zero-order chi connectivity index (χ0) is 51.1. The Labute approximate surface area is 527 Å². The van der Waals surface area contributed by atoms with Crippen molar-refractivity contribution in [3.05, 3.63) is 215 Å². The maximum absolute atomic E-state index is 12.2. The second-order valence-electron chi connectivity index (χ2n) is 15.0. The molecule has 1 aliphatic rings. The molecule has 0 spiro atoms. The zero-order valence-electron chi connectivity index (χ0n) is 42.5. The number of hydrogen-bond donors (Lipinski definition) is 2. The summed E-state index contributed by atoms with van der Waals surface area (Å²) in [6.45, 7) is 0.581. The van der Waals surface area contributed by atoms with Crippen molar-refractivity contribution < 1.29 is 127 Å². The number of carboxylic acids is 1. The Morgan fingerprint density at radius 3 is 1.22 bits per heavy atom. The van der Waals surface area contributed by atoms with Crippen molar-refractivity contribution in [2.24, 2.45) is 0 Å². The van der Waals surface area contributed by atoms with Gasteiger partial charge in [-0.3, -0.25) is 19.1 Å². The first-order chi connectivity index (χ1) is 33.2. The second kappa shape index (κ2) is 43.7. The zero-order valence-corrected chi connectivity index (χ0v) is 53.3. The molecule has 0 amide bonds. The number of carbonyl (C=O) groups is 3. The first-order valence-electron chi connectivity index (χ1n) is 21.4. The molecule has 7 rings (SSSR count). The van der Waals surface area contributed by atoms with Crippen molar-refractivity contribution in [3.8, 4) is 0 Å². The van der Waals surface area contributed by atoms with Crippen molar-refractivity contribution in [1.82, 2.24) is 5.32 Å². The second-order valence-corrected chi connectivity index (χ2v) is 19.5. The summed E-state index contributed by atoms with van der Waals surface area (Å²) in [5.74, 6) is 0.222. The number of nitrogens with zero attached hydrogens (tertiary/aromatic N) is 1. The maximum atomic E-state index is 12.2. The van der Waals surface area contributed by atoms with Crippen molar-refractivity contribution >= 4 is 97.6 Å². The van der Waals surface area contributed by atoms with Crippen molar-refractivity contribution in [2.75, 3.05) is 45.5 Å². The van der Waals surface area contributed by atoms with Gasteiger partial charge in [-0.1, -0.05) is 221 Å². The summed E-state index contributed by atoms with van der Waals surface area (Å²) in [7, 11) is 15.2. The fourth-order valence-corrected chi connectivity index (χ4v) is 9.46. The molecule has 1 heterocycles. The van der Waals surface area contributed by atoms with Crippen LogP contribution in [0, 0.1) is 0 Å². The maximum Gasteiger partial charge on any atom is 1.00 e. The molecule has 2 N–H and O–H groups in total. The van der Waals surface area contributed by atoms with Gasteiger partial charge in [0.25, 0.3) is 6.47 Å². The van der Waals surface area contributed by atoms with Crippen LogP contribution in [0.3, 0.4) is 0 Å². The van der Waals surface area contributed by atoms with Gasteiger partial charge in [-0.25, -0.2) is 8.78 Å². The summed E-state index contributed by atoms with van der Waals surface area (Å²) in [6.07, 6.45) is 2.12. The summed E-state index contributed by atoms with van der Waals surface area (Å²) in [6, 6.07) is 59.6. The van der Waals surface area contributed by atoms with Gasteiger partial charge in [0.1, 0.15) is 24.9 Å². The van der Waals surface area contributed by atoms with E-state index < -0.39 is 26.0 Å². The van der Waals surface area contributed by atoms with Crippen LogP contribution in [0.25, 0.3) is 0 Å². The summed E-state index contributed by atoms with van der Waals surface area (Å²) in [5, 5.41) is 22.0. The van der Waals surface area contributed by atoms with Gasteiger partial charge in [0.05, 0.1) is 12.0 Å². The molecule has 1 saturated heterocycles. The van der Waals surface area contributed by atoms with Gasteiger partial charge in [-0.2, -0.15) is 0 Å². The van der Waals surface area contributed by atoms with Gasteiger partial charge in [0, 0.05) is 39.9 Å². The predicted octanol–water partition coefficient (Wildman–Crippen LogP) is 2.90. The smallest absolute Gasteiger partial charge is 1.00 e. The van der Waals surface area contributed by atoms with Gasteiger partial charge < -0.3 is 43.7 Å². The quantitative estimate of drug-likeness (QED) is 0.0340. The third kappa shape index (κ3) is 23.0. The Bertz CT molecular complexity index is 2240. The van der Waals surface area contributed by atoms with Gasteiger partial charge in [-0.05, 0) is 71.9 Å². The van der Waals surface area contributed by atoms with E-state index in [1.807, 2.05) is 135 Å². The van der Waals surface area contributed by atoms with Crippen molar-refractivity contribution in [2.45, 2.75) is 42.9 Å². The number of alkyl halides is 2. The van der Waals surface area contributed by atoms with E-state index in [1.165, 1.54) is 11.1 Å². The number of halogens is 7. The van der Waals surface area contributed by atoms with Gasteiger partial charge in [-0.15, -0.1) is 0 Å². The summed E-state index contributed by atoms with van der Waals surface area (Å²) >= 11 is 12.8. The number of rotatable bonds is 13. The van der Waals surface area contributed by atoms with Crippen LogP contribution >= 0.6 is 64.8 Å². The molecule has 0 aliphatic carbocycles. The molecule has 0 atom stereocenters. The molecule has 1 fully saturated rings. The Morgan fingerprint density at radius 1 is 0.730 bits per heavy atom. The Hall–Kier alpha value is -2.29. The molecule has 6 aromatic rings. The van der Waals surface area contributed by atoms with E-state index in [2.05, 4.69) is 143 Å². The van der Waals surface area contributed by atoms with E-state index >= 15 is 0 Å². The van der Waals surface area contributed by atoms with Crippen LogP contribution in [0.4, 0.5) is 4.70 Å². The van der Waals surface area contributed by atoms with Crippen LogP contribution in [0.2, 0.25) is 0 Å². The van der Waals surface area contributed by atoms with Crippen molar-refractivity contribution in [3.63, 3.8) is 0 Å². The Morgan fingerprint density at radius 2 is 0.986 bits per heavy atom. The van der Waals surface area contributed by atoms with E-state index in [4.69, 9.17) is 30.6 Å². The number of benzene rings is 6. The number of nitrogens with one attached hydrogen (secondary N) is 1. The molecule has 0 bridgehead atoms. The molecule has 0 saturated carbocycles. The van der Waals surface area contributed by atoms with Crippen LogP contribution < -0.4 is 86.7 Å². The van der Waals surface area contributed by atoms with Gasteiger partial charge in [0.2, 0.25) is 14.5 Å². The van der Waals surface area contributed by atoms with E-state index in [1.54, 1.807) is 0 Å². The van der Waals surface area contributed by atoms with E-state index in [0.29, 0.717) is 23.5 Å². The monoisotopic (exact) mass is 1310 g/mol. The summed E-state index contributed by atoms with van der Waals surface area (Å²) in [5.41, 5.74) is 4.15. The van der Waals surface area contributed by atoms with Crippen molar-refractivity contribution in [1.29, 1.82) is 0 Å². The molecule has 10 nitrogen and oxygen atoms in total. The standard InChI is InChI=1S/C18H20NO.C16H14BrClO.C16H15BrO2.C2H7N.CH2O3.CH4.BrH.Cl2OS.FH.2Na.H2.H/c1-19(2)17-18(13-14-20-17,15-9-5-3-6-10-15)16-11-7-4-8-12-16;2*17-12-11-16(15(18)19,13-7-3-1-4-8-13)14-9-5-2-6-10-14;1-3-2;2-1-4-3;;;1-4(2)3;;;;;/h3-12H,13-14H2,1-2H3;1-10H,11-12H2;1-10H,11-12H2,(H,18,19);3H,1-2H3;1,3H;1H4;1H;;1H;;;1H;/q+1;;;;;;;;;2*+1;;-1/p-2. The van der Waals surface area contributed by atoms with Crippen LogP contribution in [-0.2, 0) is 49.5 Å². The summed E-state index contributed by atoms with van der Waals surface area (Å²) in [4.78, 5) is 35.4. The molecule has 396 valence electrons. The minimum Gasteiger partial charge on any atom is -1.00 e. The first kappa shape index (κ1) is 78.2. The molecule has 0 aromatic heterocycles. The predicted molar refractivity (Wildman–Crippen MR) is 298 cm³/mol. The van der Waals surface area contributed by atoms with Crippen LogP contribution in [0.15, 0.2) is 182 Å². The van der Waals surface area contributed by atoms with Gasteiger partial charge in [0.15, 0.2) is 0 Å². The number of aliphatic carboxylic acids is 1. The van der Waals surface area contributed by atoms with E-state index in [9.17, 15) is 14.7 Å². The van der Waals surface area contributed by atoms with E-state index in [0.717, 1.165) is 41.2 Å². The van der Waals surface area contributed by atoms with Crippen LogP contribution in [-0.4, -0.2) is 82.9 Å². The summed E-state index contributed by atoms with van der Waals surface area (Å²) < 4.78 is 17.2. The van der Waals surface area contributed by atoms with Crippen LogP contribution in [0.5, 0.6) is 0 Å². The number of carboxylic acid groups (broad SMARTS) is 1. The molecule has 20 heteroatoms. The topological polar surface area (TPSA) is 145 Å². The average molecular weight is 1310 g/mol. The number of hydrogen-bond acceptors (Lipinski definition) is 8. The number of ether oxygens (including phenoxy) is 1. The largest absolute Gasteiger partial charge is 1.00 e. The Kier molecular flexibility index (Phi) is 46.1. The fraction of sp³-hybridized carbons (Fsp3) is 0.259. The molecular weight excluding hydrogens is 1250 g/mol. The van der Waals surface area contributed by atoms with E-state index in [-0.39, 0.29) is 108 Å². The molecule has 74 heavy (non-hydrogen) atoms. The SMILES string of the molecule is C.CNC.C[N+](C)=C1OCCC1(c1ccccc1)c1ccccc1.F.O=C(Cl)C(CCBr)(c1ccccc1)c1ccccc1.O=C(O)C(CCBr)(c1ccccc1)c1ccccc1.O=CO[O-].O=S(Cl)Cl.[Br-].[H-].[HH].[Na+].[Na+]. The van der Waals surface area contributed by atoms with Gasteiger partial charge >= 0.3 is 71.0 Å². The molecular formula is C54H65Br3Cl3FN2Na2O8S. The van der Waals surface area contributed by atoms with Crippen LogP contribution in [0.1, 0.15) is 62.9 Å². The minimum atomic E-state index is -1.67. The third-order valence-electron chi connectivity index (χ3n) is 10.8. The Balaban J connectivity index is -0.000000211. The average Bonchev–Trinajstić information content (AvgIpc) is 3.84. The molecule has 1 aliphatic heterocycles. The normalized spacial score (nSPS) is 11.3. The molecule has 6 aromatic carbocycles. The number of carbonyl (C=O) groups excluding carboxylic acids is 2. The first-order valence-corrected chi connectivity index (χ1v) is 26.8. The fourth-order valence-electron chi connectivity index (χ4n) is 7.95. The molecule has 0 unspecified atom stereocenters. The third-order valence-corrected chi connectivity index (χ3v) is 11.9. The minimum absolute atomic E-state index is 0. The molecule has 0 radical (unpaired) electrons.